The van der Waals surface area contributed by atoms with E-state index >= 15 is 0 Å². The number of methoxy groups -OCH3 is 1. The van der Waals surface area contributed by atoms with E-state index in [0.717, 1.165) is 12.1 Å². The molecule has 134 valence electrons. The Kier molecular flexibility index (Phi) is 5.53. The smallest absolute Gasteiger partial charge is 0.267 e. The molecule has 0 aliphatic heterocycles. The Morgan fingerprint density at radius 2 is 1.81 bits per heavy atom. The van der Waals surface area contributed by atoms with Crippen LogP contribution in [0.4, 0.5) is 16.5 Å². The minimum absolute atomic E-state index is 0.193. The number of thiazole rings is 1. The highest BCUT2D eigenvalue weighted by atomic mass is 32.1. The Balaban J connectivity index is 1.80. The van der Waals surface area contributed by atoms with Gasteiger partial charge < -0.3 is 15.4 Å². The average molecular weight is 367 g/mol. The van der Waals surface area contributed by atoms with Crippen LogP contribution in [0.2, 0.25) is 0 Å². The van der Waals surface area contributed by atoms with Crippen LogP contribution >= 0.6 is 11.3 Å². The van der Waals surface area contributed by atoms with E-state index in [4.69, 9.17) is 4.74 Å². The van der Waals surface area contributed by atoms with Crippen LogP contribution in [0.3, 0.4) is 0 Å². The van der Waals surface area contributed by atoms with Crippen LogP contribution in [0.15, 0.2) is 48.5 Å². The maximum atomic E-state index is 12.7. The lowest BCUT2D eigenvalue weighted by atomic mass is 10.1. The van der Waals surface area contributed by atoms with Crippen molar-refractivity contribution in [2.75, 3.05) is 17.7 Å². The van der Waals surface area contributed by atoms with E-state index in [0.29, 0.717) is 27.1 Å². The minimum Gasteiger partial charge on any atom is -0.495 e. The zero-order valence-electron chi connectivity index (χ0n) is 15.0. The summed E-state index contributed by atoms with van der Waals surface area (Å²) in [4.78, 5) is 17.7. The molecular weight excluding hydrogens is 346 g/mol. The number of nitrogens with zero attached hydrogens (tertiary/aromatic N) is 1. The third-order valence-corrected chi connectivity index (χ3v) is 5.07. The highest BCUT2D eigenvalue weighted by molar-refractivity contribution is 7.17. The Bertz CT molecular complexity index is 921. The second-order valence-electron chi connectivity index (χ2n) is 5.72. The van der Waals surface area contributed by atoms with E-state index in [2.05, 4.69) is 28.6 Å². The van der Waals surface area contributed by atoms with Gasteiger partial charge >= 0.3 is 0 Å². The van der Waals surface area contributed by atoms with Gasteiger partial charge in [0.15, 0.2) is 5.13 Å². The van der Waals surface area contributed by atoms with Crippen molar-refractivity contribution < 1.29 is 9.53 Å². The largest absolute Gasteiger partial charge is 0.495 e. The summed E-state index contributed by atoms with van der Waals surface area (Å²) in [5, 5.41) is 6.93. The number of carbonyl (C=O) groups excluding carboxylic acids is 1. The van der Waals surface area contributed by atoms with Gasteiger partial charge in [0.05, 0.1) is 18.5 Å². The van der Waals surface area contributed by atoms with Crippen molar-refractivity contribution in [2.24, 2.45) is 0 Å². The summed E-state index contributed by atoms with van der Waals surface area (Å²) in [5.74, 6) is 0.430. The number of amides is 1. The normalized spacial score (nSPS) is 10.4. The maximum Gasteiger partial charge on any atom is 0.267 e. The lowest BCUT2D eigenvalue weighted by molar-refractivity contribution is 0.102. The maximum absolute atomic E-state index is 12.7. The monoisotopic (exact) mass is 367 g/mol. The number of rotatable bonds is 6. The molecule has 1 amide bonds. The van der Waals surface area contributed by atoms with Gasteiger partial charge in [-0.05, 0) is 37.1 Å². The predicted molar refractivity (Wildman–Crippen MR) is 107 cm³/mol. The molecule has 0 saturated carbocycles. The summed E-state index contributed by atoms with van der Waals surface area (Å²) in [6.07, 6.45) is 0.925. The van der Waals surface area contributed by atoms with E-state index in [-0.39, 0.29) is 5.91 Å². The van der Waals surface area contributed by atoms with Crippen LogP contribution in [-0.2, 0) is 6.42 Å². The molecule has 0 bridgehead atoms. The predicted octanol–water partition coefficient (Wildman–Crippen LogP) is 5.02. The lowest BCUT2D eigenvalue weighted by Gasteiger charge is -2.09. The fourth-order valence-electron chi connectivity index (χ4n) is 2.65. The first kappa shape index (κ1) is 17.9. The molecular formula is C20H21N3O2S. The average Bonchev–Trinajstić information content (AvgIpc) is 3.03. The Morgan fingerprint density at radius 1 is 1.12 bits per heavy atom. The fraction of sp³-hybridized carbons (Fsp3) is 0.200. The zero-order valence-corrected chi connectivity index (χ0v) is 15.8. The van der Waals surface area contributed by atoms with E-state index in [9.17, 15) is 4.79 Å². The number of carbonyl (C=O) groups is 1. The van der Waals surface area contributed by atoms with Gasteiger partial charge in [-0.25, -0.2) is 4.98 Å². The summed E-state index contributed by atoms with van der Waals surface area (Å²) in [6, 6.07) is 15.4. The summed E-state index contributed by atoms with van der Waals surface area (Å²) >= 11 is 1.34. The second-order valence-corrected chi connectivity index (χ2v) is 6.72. The van der Waals surface area contributed by atoms with Crippen molar-refractivity contribution >= 4 is 33.8 Å². The Labute approximate surface area is 157 Å². The van der Waals surface area contributed by atoms with Crippen molar-refractivity contribution in [3.63, 3.8) is 0 Å². The molecule has 6 heteroatoms. The lowest BCUT2D eigenvalue weighted by Crippen LogP contribution is -2.12. The fourth-order valence-corrected chi connectivity index (χ4v) is 3.53. The van der Waals surface area contributed by atoms with Crippen LogP contribution in [0.5, 0.6) is 5.75 Å². The summed E-state index contributed by atoms with van der Waals surface area (Å²) in [5.41, 5.74) is 3.55. The van der Waals surface area contributed by atoms with Crippen molar-refractivity contribution in [1.82, 2.24) is 4.98 Å². The number of aryl methyl sites for hydroxylation is 2. The van der Waals surface area contributed by atoms with Gasteiger partial charge in [-0.2, -0.15) is 0 Å². The molecule has 0 radical (unpaired) electrons. The first-order valence-electron chi connectivity index (χ1n) is 8.39. The molecule has 0 saturated heterocycles. The van der Waals surface area contributed by atoms with Crippen molar-refractivity contribution in [3.05, 3.63) is 64.7 Å². The van der Waals surface area contributed by atoms with Gasteiger partial charge in [0.25, 0.3) is 5.91 Å². The number of hydrogen-bond donors (Lipinski definition) is 2. The number of anilines is 3. The third kappa shape index (κ3) is 3.86. The van der Waals surface area contributed by atoms with E-state index in [1.54, 1.807) is 7.11 Å². The van der Waals surface area contributed by atoms with E-state index < -0.39 is 0 Å². The molecule has 26 heavy (non-hydrogen) atoms. The second kappa shape index (κ2) is 8.01. The van der Waals surface area contributed by atoms with Gasteiger partial charge in [-0.15, -0.1) is 0 Å². The molecule has 3 aromatic rings. The first-order valence-corrected chi connectivity index (χ1v) is 9.20. The van der Waals surface area contributed by atoms with Crippen LogP contribution in [0.25, 0.3) is 0 Å². The molecule has 0 unspecified atom stereocenters. The molecule has 2 aromatic carbocycles. The molecule has 3 rings (SSSR count). The number of benzene rings is 2. The topological polar surface area (TPSA) is 63.2 Å². The summed E-state index contributed by atoms with van der Waals surface area (Å²) < 4.78 is 5.28. The number of hydrogen-bond acceptors (Lipinski definition) is 5. The molecule has 1 heterocycles. The van der Waals surface area contributed by atoms with Crippen molar-refractivity contribution in [1.29, 1.82) is 0 Å². The molecule has 5 nitrogen and oxygen atoms in total. The Morgan fingerprint density at radius 3 is 2.54 bits per heavy atom. The van der Waals surface area contributed by atoms with Gasteiger partial charge in [0, 0.05) is 5.69 Å². The van der Waals surface area contributed by atoms with Crippen LogP contribution in [0.1, 0.15) is 27.9 Å². The number of aromatic nitrogens is 1. The van der Waals surface area contributed by atoms with Gasteiger partial charge in [-0.3, -0.25) is 4.79 Å². The van der Waals surface area contributed by atoms with Crippen LogP contribution in [-0.4, -0.2) is 18.0 Å². The van der Waals surface area contributed by atoms with Crippen LogP contribution in [0, 0.1) is 6.92 Å². The molecule has 1 aromatic heterocycles. The highest BCUT2D eigenvalue weighted by Crippen LogP contribution is 2.29. The molecule has 2 N–H and O–H groups in total. The number of para-hydroxylation sites is 3. The number of ether oxygens (including phenoxy) is 1. The van der Waals surface area contributed by atoms with Crippen molar-refractivity contribution in [3.8, 4) is 5.75 Å². The first-order chi connectivity index (χ1) is 12.6. The standard InChI is InChI=1S/C20H21N3O2S/c1-4-14-9-5-6-10-15(14)23-20-21-13(2)18(26-20)19(24)22-16-11-7-8-12-17(16)25-3/h5-12H,4H2,1-3H3,(H,21,23)(H,22,24). The summed E-state index contributed by atoms with van der Waals surface area (Å²) in [6.45, 7) is 3.95. The molecule has 0 aliphatic carbocycles. The van der Waals surface area contributed by atoms with Crippen molar-refractivity contribution in [2.45, 2.75) is 20.3 Å². The molecule has 0 fully saturated rings. The highest BCUT2D eigenvalue weighted by Gasteiger charge is 2.17. The van der Waals surface area contributed by atoms with E-state index in [1.165, 1.54) is 16.9 Å². The van der Waals surface area contributed by atoms with Gasteiger partial charge in [-0.1, -0.05) is 48.6 Å². The molecule has 0 atom stereocenters. The van der Waals surface area contributed by atoms with Crippen LogP contribution < -0.4 is 15.4 Å². The molecule has 0 spiro atoms. The quantitative estimate of drug-likeness (QED) is 0.642. The Hall–Kier alpha value is -2.86. The minimum atomic E-state index is -0.193. The molecule has 0 aliphatic rings. The summed E-state index contributed by atoms with van der Waals surface area (Å²) in [7, 11) is 1.58. The SMILES string of the molecule is CCc1ccccc1Nc1nc(C)c(C(=O)Nc2ccccc2OC)s1. The third-order valence-electron chi connectivity index (χ3n) is 4.00. The van der Waals surface area contributed by atoms with Gasteiger partial charge in [0.1, 0.15) is 10.6 Å². The van der Waals surface area contributed by atoms with E-state index in [1.807, 2.05) is 49.4 Å². The zero-order chi connectivity index (χ0) is 18.5. The number of nitrogens with one attached hydrogen (secondary N) is 2. The van der Waals surface area contributed by atoms with Gasteiger partial charge in [0.2, 0.25) is 0 Å².